The first-order valence-corrected chi connectivity index (χ1v) is 8.26. The highest BCUT2D eigenvalue weighted by atomic mass is 16.5. The second-order valence-electron chi connectivity index (χ2n) is 5.68. The van der Waals surface area contributed by atoms with E-state index in [2.05, 4.69) is 26.9 Å². The maximum absolute atomic E-state index is 12.5. The van der Waals surface area contributed by atoms with E-state index < -0.39 is 0 Å². The molecule has 8 nitrogen and oxygen atoms in total. The largest absolute Gasteiger partial charge is 0.497 e. The third kappa shape index (κ3) is 4.53. The van der Waals surface area contributed by atoms with Crippen LogP contribution >= 0.6 is 0 Å². The molecule has 0 unspecified atom stereocenters. The Morgan fingerprint density at radius 1 is 0.964 bits per heavy atom. The Morgan fingerprint density at radius 2 is 1.64 bits per heavy atom. The number of methoxy groups -OCH3 is 2. The van der Waals surface area contributed by atoms with E-state index in [4.69, 9.17) is 14.7 Å². The fourth-order valence-electron chi connectivity index (χ4n) is 2.41. The molecule has 0 aliphatic carbocycles. The summed E-state index contributed by atoms with van der Waals surface area (Å²) in [6.07, 6.45) is 0. The van der Waals surface area contributed by atoms with Gasteiger partial charge in [-0.2, -0.15) is 5.26 Å². The molecule has 0 atom stereocenters. The zero-order valence-electron chi connectivity index (χ0n) is 15.3. The van der Waals surface area contributed by atoms with Crippen LogP contribution in [0.1, 0.15) is 15.9 Å². The van der Waals surface area contributed by atoms with Crippen LogP contribution in [-0.4, -0.2) is 30.3 Å². The van der Waals surface area contributed by atoms with Crippen LogP contribution in [0.3, 0.4) is 0 Å². The third-order valence-corrected chi connectivity index (χ3v) is 3.78. The fourth-order valence-corrected chi connectivity index (χ4v) is 2.41. The molecule has 3 rings (SSSR count). The van der Waals surface area contributed by atoms with Crippen molar-refractivity contribution in [2.45, 2.75) is 0 Å². The van der Waals surface area contributed by atoms with Gasteiger partial charge in [-0.25, -0.2) is 0 Å². The summed E-state index contributed by atoms with van der Waals surface area (Å²) in [5.41, 5.74) is 1.62. The highest BCUT2D eigenvalue weighted by Crippen LogP contribution is 2.23. The third-order valence-electron chi connectivity index (χ3n) is 3.78. The molecule has 140 valence electrons. The molecule has 2 N–H and O–H groups in total. The van der Waals surface area contributed by atoms with Crippen molar-refractivity contribution in [3.8, 4) is 17.6 Å². The van der Waals surface area contributed by atoms with Gasteiger partial charge in [0.05, 0.1) is 25.9 Å². The van der Waals surface area contributed by atoms with E-state index in [0.29, 0.717) is 39.9 Å². The van der Waals surface area contributed by atoms with Gasteiger partial charge in [-0.3, -0.25) is 4.79 Å². The zero-order valence-corrected chi connectivity index (χ0v) is 15.3. The monoisotopic (exact) mass is 375 g/mol. The van der Waals surface area contributed by atoms with E-state index in [9.17, 15) is 4.79 Å². The lowest BCUT2D eigenvalue weighted by molar-refractivity contribution is 0.102. The molecule has 0 saturated heterocycles. The molecule has 2 aromatic carbocycles. The normalized spacial score (nSPS) is 9.89. The minimum atomic E-state index is -0.367. The van der Waals surface area contributed by atoms with Crippen LogP contribution < -0.4 is 20.1 Å². The number of hydrogen-bond acceptors (Lipinski definition) is 7. The zero-order chi connectivity index (χ0) is 19.9. The number of ether oxygens (including phenoxy) is 2. The Hall–Kier alpha value is -4.12. The number of carbonyl (C=O) groups excluding carboxylic acids is 1. The lowest BCUT2D eigenvalue weighted by Crippen LogP contribution is -2.14. The van der Waals surface area contributed by atoms with Crippen molar-refractivity contribution in [1.82, 2.24) is 10.2 Å². The minimum absolute atomic E-state index is 0.295. The Balaban J connectivity index is 1.70. The van der Waals surface area contributed by atoms with E-state index in [1.54, 1.807) is 48.5 Å². The predicted molar refractivity (Wildman–Crippen MR) is 104 cm³/mol. The van der Waals surface area contributed by atoms with E-state index in [0.717, 1.165) is 0 Å². The average Bonchev–Trinajstić information content (AvgIpc) is 2.74. The summed E-state index contributed by atoms with van der Waals surface area (Å²) in [6.45, 7) is 0. The van der Waals surface area contributed by atoms with Gasteiger partial charge in [0, 0.05) is 17.3 Å². The van der Waals surface area contributed by atoms with Crippen molar-refractivity contribution in [3.63, 3.8) is 0 Å². The number of nitrogens with zero attached hydrogens (tertiary/aromatic N) is 3. The summed E-state index contributed by atoms with van der Waals surface area (Å²) in [4.78, 5) is 12.5. The van der Waals surface area contributed by atoms with Gasteiger partial charge in [-0.05, 0) is 42.5 Å². The molecule has 1 aromatic heterocycles. The van der Waals surface area contributed by atoms with E-state index in [1.165, 1.54) is 14.2 Å². The number of rotatable bonds is 6. The smallest absolute Gasteiger partial charge is 0.257 e. The summed E-state index contributed by atoms with van der Waals surface area (Å²) < 4.78 is 10.3. The van der Waals surface area contributed by atoms with Crippen LogP contribution in [0.2, 0.25) is 0 Å². The molecule has 3 aromatic rings. The number of carbonyl (C=O) groups is 1. The molecular weight excluding hydrogens is 358 g/mol. The second kappa shape index (κ2) is 8.51. The minimum Gasteiger partial charge on any atom is -0.497 e. The fraction of sp³-hybridized carbons (Fsp3) is 0.100. The maximum Gasteiger partial charge on any atom is 0.257 e. The number of benzene rings is 2. The standard InChI is InChI=1S/C20H17N5O3/c1-27-16-9-14(10-17(11-16)28-2)20(26)23-19-7-6-18(24-25-19)22-15-5-3-4-13(8-15)12-21/h3-11H,1-2H3,(H,22,24)(H,23,25,26). The molecule has 0 bridgehead atoms. The molecule has 1 amide bonds. The molecule has 0 spiro atoms. The highest BCUT2D eigenvalue weighted by molar-refractivity contribution is 6.04. The first kappa shape index (κ1) is 18.7. The van der Waals surface area contributed by atoms with Crippen LogP contribution in [0.5, 0.6) is 11.5 Å². The molecular formula is C20H17N5O3. The molecule has 1 heterocycles. The first-order chi connectivity index (χ1) is 13.6. The van der Waals surface area contributed by atoms with Crippen LogP contribution in [0.4, 0.5) is 17.3 Å². The maximum atomic E-state index is 12.5. The summed E-state index contributed by atoms with van der Waals surface area (Å²) in [5, 5.41) is 22.7. The molecule has 8 heteroatoms. The van der Waals surface area contributed by atoms with Crippen LogP contribution in [0.25, 0.3) is 0 Å². The Labute approximate surface area is 161 Å². The number of nitrogens with one attached hydrogen (secondary N) is 2. The Kier molecular flexibility index (Phi) is 5.67. The number of amides is 1. The summed E-state index contributed by atoms with van der Waals surface area (Å²) in [6, 6.07) is 17.2. The molecule has 28 heavy (non-hydrogen) atoms. The topological polar surface area (TPSA) is 109 Å². The highest BCUT2D eigenvalue weighted by Gasteiger charge is 2.11. The number of hydrogen-bond donors (Lipinski definition) is 2. The lowest BCUT2D eigenvalue weighted by Gasteiger charge is -2.09. The Morgan fingerprint density at radius 3 is 2.25 bits per heavy atom. The van der Waals surface area contributed by atoms with Crippen LogP contribution in [0, 0.1) is 11.3 Å². The van der Waals surface area contributed by atoms with Gasteiger partial charge >= 0.3 is 0 Å². The average molecular weight is 375 g/mol. The van der Waals surface area contributed by atoms with Crippen molar-refractivity contribution < 1.29 is 14.3 Å². The molecule has 0 radical (unpaired) electrons. The molecule has 0 fully saturated rings. The van der Waals surface area contributed by atoms with Crippen molar-refractivity contribution in [3.05, 3.63) is 65.7 Å². The van der Waals surface area contributed by atoms with Crippen molar-refractivity contribution in [1.29, 1.82) is 5.26 Å². The van der Waals surface area contributed by atoms with Gasteiger partial charge in [-0.15, -0.1) is 10.2 Å². The molecule has 0 saturated carbocycles. The number of aromatic nitrogens is 2. The second-order valence-corrected chi connectivity index (χ2v) is 5.68. The summed E-state index contributed by atoms with van der Waals surface area (Å²) in [5.74, 6) is 1.43. The summed E-state index contributed by atoms with van der Waals surface area (Å²) in [7, 11) is 3.03. The first-order valence-electron chi connectivity index (χ1n) is 8.26. The number of anilines is 3. The van der Waals surface area contributed by atoms with Gasteiger partial charge in [-0.1, -0.05) is 6.07 Å². The van der Waals surface area contributed by atoms with Gasteiger partial charge < -0.3 is 20.1 Å². The van der Waals surface area contributed by atoms with E-state index in [-0.39, 0.29) is 5.91 Å². The van der Waals surface area contributed by atoms with Crippen LogP contribution in [0.15, 0.2) is 54.6 Å². The van der Waals surface area contributed by atoms with Crippen LogP contribution in [-0.2, 0) is 0 Å². The van der Waals surface area contributed by atoms with Gasteiger partial charge in [0.15, 0.2) is 11.6 Å². The van der Waals surface area contributed by atoms with Crippen molar-refractivity contribution in [2.75, 3.05) is 24.9 Å². The predicted octanol–water partition coefficient (Wildman–Crippen LogP) is 3.36. The van der Waals surface area contributed by atoms with E-state index >= 15 is 0 Å². The van der Waals surface area contributed by atoms with Crippen molar-refractivity contribution >= 4 is 23.2 Å². The van der Waals surface area contributed by atoms with Gasteiger partial charge in [0.25, 0.3) is 5.91 Å². The number of nitriles is 1. The molecule has 0 aliphatic rings. The summed E-state index contributed by atoms with van der Waals surface area (Å²) >= 11 is 0. The Bertz CT molecular complexity index is 1010. The van der Waals surface area contributed by atoms with Gasteiger partial charge in [0.1, 0.15) is 11.5 Å². The molecule has 0 aliphatic heterocycles. The van der Waals surface area contributed by atoms with E-state index in [1.807, 2.05) is 6.07 Å². The lowest BCUT2D eigenvalue weighted by atomic mass is 10.2. The SMILES string of the molecule is COc1cc(OC)cc(C(=O)Nc2ccc(Nc3cccc(C#N)c3)nn2)c1. The quantitative estimate of drug-likeness (QED) is 0.680. The van der Waals surface area contributed by atoms with Crippen molar-refractivity contribution in [2.24, 2.45) is 0 Å². The van der Waals surface area contributed by atoms with Gasteiger partial charge in [0.2, 0.25) is 0 Å².